The molecule has 2 aliphatic rings. The fraction of sp³-hybridized carbons (Fsp3) is 0.556. The van der Waals surface area contributed by atoms with E-state index in [4.69, 9.17) is 4.74 Å². The SMILES string of the molecule is c1ccc(CN2Cc3ccnn3CC(COCC3CC3)C2)nc1. The van der Waals surface area contributed by atoms with Gasteiger partial charge in [-0.15, -0.1) is 0 Å². The van der Waals surface area contributed by atoms with E-state index in [0.29, 0.717) is 5.92 Å². The van der Waals surface area contributed by atoms with Gasteiger partial charge in [-0.05, 0) is 37.0 Å². The molecule has 1 aliphatic carbocycles. The molecule has 3 heterocycles. The van der Waals surface area contributed by atoms with Crippen LogP contribution in [0.5, 0.6) is 0 Å². The van der Waals surface area contributed by atoms with Crippen LogP contribution in [0.4, 0.5) is 0 Å². The molecule has 0 amide bonds. The van der Waals surface area contributed by atoms with Crippen molar-refractivity contribution in [3.05, 3.63) is 48.0 Å². The highest BCUT2D eigenvalue weighted by molar-refractivity contribution is 5.06. The lowest BCUT2D eigenvalue weighted by atomic mass is 10.1. The zero-order valence-corrected chi connectivity index (χ0v) is 13.5. The Morgan fingerprint density at radius 1 is 1.04 bits per heavy atom. The first-order valence-corrected chi connectivity index (χ1v) is 8.57. The van der Waals surface area contributed by atoms with Crippen LogP contribution in [0, 0.1) is 11.8 Å². The van der Waals surface area contributed by atoms with Gasteiger partial charge in [-0.25, -0.2) is 0 Å². The van der Waals surface area contributed by atoms with Crippen LogP contribution in [0.25, 0.3) is 0 Å². The fourth-order valence-corrected chi connectivity index (χ4v) is 3.25. The molecule has 1 unspecified atom stereocenters. The topological polar surface area (TPSA) is 43.2 Å². The summed E-state index contributed by atoms with van der Waals surface area (Å²) in [5.41, 5.74) is 2.41. The third-order valence-electron chi connectivity index (χ3n) is 4.65. The molecule has 1 aliphatic heterocycles. The first-order chi connectivity index (χ1) is 11.4. The Hall–Kier alpha value is -1.72. The van der Waals surface area contributed by atoms with Crippen LogP contribution in [0.3, 0.4) is 0 Å². The molecule has 0 N–H and O–H groups in total. The molecule has 2 aromatic heterocycles. The van der Waals surface area contributed by atoms with Crippen molar-refractivity contribution in [1.29, 1.82) is 0 Å². The number of pyridine rings is 1. The minimum atomic E-state index is 0.485. The fourth-order valence-electron chi connectivity index (χ4n) is 3.25. The second kappa shape index (κ2) is 6.81. The van der Waals surface area contributed by atoms with Crippen LogP contribution in [0.1, 0.15) is 24.2 Å². The van der Waals surface area contributed by atoms with Crippen LogP contribution >= 0.6 is 0 Å². The number of fused-ring (bicyclic) bond motifs is 1. The van der Waals surface area contributed by atoms with Gasteiger partial charge in [-0.2, -0.15) is 5.10 Å². The highest BCUT2D eigenvalue weighted by Crippen LogP contribution is 2.29. The largest absolute Gasteiger partial charge is 0.381 e. The maximum absolute atomic E-state index is 5.96. The first-order valence-electron chi connectivity index (χ1n) is 8.57. The standard InChI is InChI=1S/C18H24N4O/c1-2-7-19-17(3-1)11-21-9-16(14-23-13-15-4-5-15)10-22-18(12-21)6-8-20-22/h1-3,6-8,15-16H,4-5,9-14H2. The van der Waals surface area contributed by atoms with Gasteiger partial charge in [0, 0.05) is 51.1 Å². The third-order valence-corrected chi connectivity index (χ3v) is 4.65. The van der Waals surface area contributed by atoms with Gasteiger partial charge in [-0.3, -0.25) is 14.6 Å². The second-order valence-electron chi connectivity index (χ2n) is 6.84. The Labute approximate surface area is 137 Å². The van der Waals surface area contributed by atoms with Crippen molar-refractivity contribution in [2.75, 3.05) is 19.8 Å². The minimum absolute atomic E-state index is 0.485. The van der Waals surface area contributed by atoms with Gasteiger partial charge in [0.2, 0.25) is 0 Å². The summed E-state index contributed by atoms with van der Waals surface area (Å²) in [4.78, 5) is 6.94. The van der Waals surface area contributed by atoms with Crippen LogP contribution in [0.15, 0.2) is 36.7 Å². The first kappa shape index (κ1) is 14.8. The number of hydrogen-bond acceptors (Lipinski definition) is 4. The summed E-state index contributed by atoms with van der Waals surface area (Å²) in [6.07, 6.45) is 6.47. The third kappa shape index (κ3) is 3.98. The van der Waals surface area contributed by atoms with E-state index < -0.39 is 0 Å². The van der Waals surface area contributed by atoms with Crippen molar-refractivity contribution in [1.82, 2.24) is 19.7 Å². The molecular weight excluding hydrogens is 288 g/mol. The highest BCUT2D eigenvalue weighted by atomic mass is 16.5. The zero-order valence-electron chi connectivity index (χ0n) is 13.5. The summed E-state index contributed by atoms with van der Waals surface area (Å²) in [6, 6.07) is 8.25. The quantitative estimate of drug-likeness (QED) is 0.821. The lowest BCUT2D eigenvalue weighted by molar-refractivity contribution is 0.0694. The number of rotatable bonds is 6. The van der Waals surface area contributed by atoms with E-state index in [9.17, 15) is 0 Å². The van der Waals surface area contributed by atoms with E-state index >= 15 is 0 Å². The molecule has 4 rings (SSSR count). The lowest BCUT2D eigenvalue weighted by Gasteiger charge is -2.23. The molecule has 1 saturated carbocycles. The molecular formula is C18H24N4O. The number of ether oxygens (including phenoxy) is 1. The van der Waals surface area contributed by atoms with Gasteiger partial charge >= 0.3 is 0 Å². The Balaban J connectivity index is 1.42. The van der Waals surface area contributed by atoms with E-state index in [-0.39, 0.29) is 0 Å². The normalized spacial score (nSPS) is 21.8. The van der Waals surface area contributed by atoms with E-state index in [0.717, 1.165) is 51.0 Å². The summed E-state index contributed by atoms with van der Waals surface area (Å²) < 4.78 is 8.10. The van der Waals surface area contributed by atoms with Crippen molar-refractivity contribution >= 4 is 0 Å². The maximum atomic E-state index is 5.96. The molecule has 0 bridgehead atoms. The monoisotopic (exact) mass is 312 g/mol. The van der Waals surface area contributed by atoms with Crippen molar-refractivity contribution < 1.29 is 4.74 Å². The lowest BCUT2D eigenvalue weighted by Crippen LogP contribution is -2.30. The zero-order chi connectivity index (χ0) is 15.5. The van der Waals surface area contributed by atoms with Crippen LogP contribution < -0.4 is 0 Å². The predicted octanol–water partition coefficient (Wildman–Crippen LogP) is 2.34. The molecule has 5 heteroatoms. The average molecular weight is 312 g/mol. The highest BCUT2D eigenvalue weighted by Gasteiger charge is 2.25. The Bertz CT molecular complexity index is 623. The minimum Gasteiger partial charge on any atom is -0.381 e. The maximum Gasteiger partial charge on any atom is 0.0544 e. The molecule has 0 spiro atoms. The van der Waals surface area contributed by atoms with E-state index in [1.165, 1.54) is 18.5 Å². The van der Waals surface area contributed by atoms with E-state index in [2.05, 4.69) is 37.9 Å². The number of nitrogens with zero attached hydrogens (tertiary/aromatic N) is 4. The van der Waals surface area contributed by atoms with Gasteiger partial charge in [0.25, 0.3) is 0 Å². The van der Waals surface area contributed by atoms with Crippen LogP contribution in [-0.2, 0) is 24.4 Å². The van der Waals surface area contributed by atoms with Gasteiger partial charge in [-0.1, -0.05) is 6.07 Å². The summed E-state index contributed by atoms with van der Waals surface area (Å²) in [6.45, 7) is 5.55. The van der Waals surface area contributed by atoms with E-state index in [1.54, 1.807) is 0 Å². The average Bonchev–Trinajstić information content (AvgIpc) is 3.31. The van der Waals surface area contributed by atoms with Gasteiger partial charge in [0.1, 0.15) is 0 Å². The molecule has 2 aromatic rings. The van der Waals surface area contributed by atoms with Crippen molar-refractivity contribution in [2.24, 2.45) is 11.8 Å². The summed E-state index contributed by atoms with van der Waals surface area (Å²) in [5.74, 6) is 1.31. The Kier molecular flexibility index (Phi) is 4.39. The van der Waals surface area contributed by atoms with Gasteiger partial charge < -0.3 is 4.74 Å². The summed E-state index contributed by atoms with van der Waals surface area (Å²) >= 11 is 0. The van der Waals surface area contributed by atoms with Crippen LogP contribution in [0.2, 0.25) is 0 Å². The van der Waals surface area contributed by atoms with Crippen molar-refractivity contribution in [2.45, 2.75) is 32.5 Å². The summed E-state index contributed by atoms with van der Waals surface area (Å²) in [7, 11) is 0. The van der Waals surface area contributed by atoms with Gasteiger partial charge in [0.05, 0.1) is 18.0 Å². The van der Waals surface area contributed by atoms with Crippen molar-refractivity contribution in [3.63, 3.8) is 0 Å². The van der Waals surface area contributed by atoms with Crippen molar-refractivity contribution in [3.8, 4) is 0 Å². The molecule has 0 saturated heterocycles. The summed E-state index contributed by atoms with van der Waals surface area (Å²) in [5, 5.41) is 4.48. The molecule has 1 atom stereocenters. The molecule has 23 heavy (non-hydrogen) atoms. The second-order valence-corrected chi connectivity index (χ2v) is 6.84. The Morgan fingerprint density at radius 2 is 1.96 bits per heavy atom. The molecule has 0 aromatic carbocycles. The molecule has 0 radical (unpaired) electrons. The molecule has 5 nitrogen and oxygen atoms in total. The predicted molar refractivity (Wildman–Crippen MR) is 87.6 cm³/mol. The number of aromatic nitrogens is 3. The smallest absolute Gasteiger partial charge is 0.0544 e. The van der Waals surface area contributed by atoms with E-state index in [1.807, 2.05) is 18.5 Å². The Morgan fingerprint density at radius 3 is 2.78 bits per heavy atom. The molecule has 1 fully saturated rings. The van der Waals surface area contributed by atoms with Crippen LogP contribution in [-0.4, -0.2) is 39.4 Å². The van der Waals surface area contributed by atoms with Gasteiger partial charge in [0.15, 0.2) is 0 Å². The number of hydrogen-bond donors (Lipinski definition) is 0. The molecule has 122 valence electrons.